The number of hydrogen-bond donors (Lipinski definition) is 3. The molecule has 10 nitrogen and oxygen atoms in total. The molecular weight excluding hydrogens is 532 g/mol. The summed E-state index contributed by atoms with van der Waals surface area (Å²) in [6.45, 7) is 7.66. The highest BCUT2D eigenvalue weighted by Gasteiger charge is 2.34. The van der Waals surface area contributed by atoms with Gasteiger partial charge in [-0.05, 0) is 63.2 Å². The van der Waals surface area contributed by atoms with E-state index in [4.69, 9.17) is 16.3 Å². The fourth-order valence-corrected chi connectivity index (χ4v) is 5.22. The molecule has 208 valence electrons. The first-order valence-electron chi connectivity index (χ1n) is 12.3. The number of rotatable bonds is 8. The zero-order valence-corrected chi connectivity index (χ0v) is 23.7. The number of nitrogens with zero attached hydrogens (tertiary/aromatic N) is 2. The highest BCUT2D eigenvalue weighted by Crippen LogP contribution is 2.31. The van der Waals surface area contributed by atoms with Gasteiger partial charge in [-0.3, -0.25) is 9.52 Å². The maximum Gasteiger partial charge on any atom is 0.317 e. The van der Waals surface area contributed by atoms with Crippen LogP contribution in [0.4, 0.5) is 10.5 Å². The summed E-state index contributed by atoms with van der Waals surface area (Å²) in [5.41, 5.74) is 0.318. The van der Waals surface area contributed by atoms with E-state index in [1.165, 1.54) is 47.4 Å². The molecule has 0 bridgehead atoms. The number of urea groups is 1. The predicted octanol–water partition coefficient (Wildman–Crippen LogP) is 3.41. The third-order valence-corrected chi connectivity index (χ3v) is 7.90. The van der Waals surface area contributed by atoms with Gasteiger partial charge in [-0.15, -0.1) is 0 Å². The molecule has 12 heteroatoms. The Bertz CT molecular complexity index is 1250. The van der Waals surface area contributed by atoms with Crippen molar-refractivity contribution < 1.29 is 27.9 Å². The largest absolute Gasteiger partial charge is 0.487 e. The lowest BCUT2D eigenvalue weighted by molar-refractivity contribution is 0.0366. The Morgan fingerprint density at radius 2 is 1.87 bits per heavy atom. The number of aliphatic hydroxyl groups excluding tert-OH is 1. The molecule has 0 aromatic heterocycles. The highest BCUT2D eigenvalue weighted by molar-refractivity contribution is 7.92. The monoisotopic (exact) mass is 566 g/mol. The molecule has 0 spiro atoms. The van der Waals surface area contributed by atoms with Crippen molar-refractivity contribution in [2.45, 2.75) is 50.8 Å². The minimum Gasteiger partial charge on any atom is -0.487 e. The molecule has 1 aliphatic heterocycles. The molecule has 1 heterocycles. The van der Waals surface area contributed by atoms with Gasteiger partial charge in [-0.2, -0.15) is 0 Å². The number of hydrogen-bond acceptors (Lipinski definition) is 6. The molecule has 0 fully saturated rings. The van der Waals surface area contributed by atoms with Gasteiger partial charge < -0.3 is 25.0 Å². The number of anilines is 1. The van der Waals surface area contributed by atoms with Crippen LogP contribution in [0.2, 0.25) is 5.02 Å². The summed E-state index contributed by atoms with van der Waals surface area (Å²) in [6.07, 6.45) is -0.477. The number of sulfonamides is 1. The number of benzene rings is 2. The van der Waals surface area contributed by atoms with Crippen LogP contribution in [0, 0.1) is 5.92 Å². The topological polar surface area (TPSA) is 128 Å². The van der Waals surface area contributed by atoms with Gasteiger partial charge in [0.05, 0.1) is 29.7 Å². The SMILES string of the molecule is CC(C)NC(=O)N(C)C[C@@H]1Oc2ccc(NS(=O)(=O)c3ccc(Cl)cc3)cc2C(=O)N([C@H](C)CO)C[C@@H]1C. The number of fused-ring (bicyclic) bond motifs is 1. The Labute approximate surface area is 229 Å². The number of ether oxygens (including phenoxy) is 1. The van der Waals surface area contributed by atoms with Gasteiger partial charge in [0, 0.05) is 36.3 Å². The second-order valence-corrected chi connectivity index (χ2v) is 12.0. The van der Waals surface area contributed by atoms with Crippen LogP contribution >= 0.6 is 11.6 Å². The highest BCUT2D eigenvalue weighted by atomic mass is 35.5. The van der Waals surface area contributed by atoms with Crippen molar-refractivity contribution >= 4 is 39.2 Å². The molecule has 1 aliphatic rings. The molecule has 3 amide bonds. The first-order chi connectivity index (χ1) is 17.8. The first-order valence-corrected chi connectivity index (χ1v) is 14.2. The van der Waals surface area contributed by atoms with Crippen LogP contribution in [-0.2, 0) is 10.0 Å². The number of likely N-dealkylation sites (N-methyl/N-ethyl adjacent to an activating group) is 1. The van der Waals surface area contributed by atoms with E-state index in [1.807, 2.05) is 20.8 Å². The van der Waals surface area contributed by atoms with Crippen LogP contribution in [-0.4, -0.2) is 80.2 Å². The van der Waals surface area contributed by atoms with Crippen LogP contribution in [0.1, 0.15) is 38.1 Å². The number of nitrogens with one attached hydrogen (secondary N) is 2. The van der Waals surface area contributed by atoms with Gasteiger partial charge in [0.25, 0.3) is 15.9 Å². The molecule has 0 aliphatic carbocycles. The number of aliphatic hydroxyl groups is 1. The lowest BCUT2D eigenvalue weighted by Gasteiger charge is -2.38. The van der Waals surface area contributed by atoms with Gasteiger partial charge >= 0.3 is 6.03 Å². The maximum atomic E-state index is 13.6. The van der Waals surface area contributed by atoms with Crippen molar-refractivity contribution in [1.29, 1.82) is 0 Å². The Hall–Kier alpha value is -3.02. The number of halogens is 1. The van der Waals surface area contributed by atoms with Gasteiger partial charge in [0.2, 0.25) is 0 Å². The Morgan fingerprint density at radius 3 is 2.47 bits per heavy atom. The minimum absolute atomic E-state index is 0.0170. The fourth-order valence-electron chi connectivity index (χ4n) is 4.04. The Kier molecular flexibility index (Phi) is 9.50. The van der Waals surface area contributed by atoms with Crippen LogP contribution in [0.5, 0.6) is 5.75 Å². The molecule has 0 saturated heterocycles. The predicted molar refractivity (Wildman–Crippen MR) is 146 cm³/mol. The van der Waals surface area contributed by atoms with E-state index in [0.717, 1.165) is 0 Å². The molecule has 2 aromatic rings. The summed E-state index contributed by atoms with van der Waals surface area (Å²) in [5.74, 6) is -0.322. The van der Waals surface area contributed by atoms with E-state index < -0.39 is 28.1 Å². The van der Waals surface area contributed by atoms with E-state index in [-0.39, 0.29) is 59.6 Å². The molecule has 38 heavy (non-hydrogen) atoms. The summed E-state index contributed by atoms with van der Waals surface area (Å²) in [4.78, 5) is 29.2. The maximum absolute atomic E-state index is 13.6. The molecule has 3 N–H and O–H groups in total. The third-order valence-electron chi connectivity index (χ3n) is 6.25. The summed E-state index contributed by atoms with van der Waals surface area (Å²) in [6, 6.07) is 9.41. The van der Waals surface area contributed by atoms with E-state index in [0.29, 0.717) is 5.02 Å². The van der Waals surface area contributed by atoms with Crippen LogP contribution in [0.3, 0.4) is 0 Å². The van der Waals surface area contributed by atoms with Gasteiger partial charge in [0.1, 0.15) is 11.9 Å². The smallest absolute Gasteiger partial charge is 0.317 e. The molecular formula is C26H35ClN4O6S. The number of carbonyl (C=O) groups is 2. The van der Waals surface area contributed by atoms with E-state index in [2.05, 4.69) is 10.0 Å². The summed E-state index contributed by atoms with van der Waals surface area (Å²) >= 11 is 5.88. The Morgan fingerprint density at radius 1 is 1.21 bits per heavy atom. The summed E-state index contributed by atoms with van der Waals surface area (Å²) < 4.78 is 34.6. The van der Waals surface area contributed by atoms with E-state index in [1.54, 1.807) is 18.9 Å². The lowest BCUT2D eigenvalue weighted by Crippen LogP contribution is -2.51. The van der Waals surface area contributed by atoms with Crippen LogP contribution in [0.15, 0.2) is 47.4 Å². The Balaban J connectivity index is 1.96. The average molecular weight is 567 g/mol. The number of amides is 3. The molecule has 3 atom stereocenters. The van der Waals surface area contributed by atoms with Crippen LogP contribution < -0.4 is 14.8 Å². The van der Waals surface area contributed by atoms with Gasteiger partial charge in [0.15, 0.2) is 0 Å². The van der Waals surface area contributed by atoms with Crippen molar-refractivity contribution in [2.24, 2.45) is 5.92 Å². The molecule has 2 aromatic carbocycles. The van der Waals surface area contributed by atoms with Crippen molar-refractivity contribution in [3.8, 4) is 5.75 Å². The quantitative estimate of drug-likeness (QED) is 0.449. The van der Waals surface area contributed by atoms with Crippen molar-refractivity contribution in [3.63, 3.8) is 0 Å². The van der Waals surface area contributed by atoms with Gasteiger partial charge in [-0.25, -0.2) is 13.2 Å². The first kappa shape index (κ1) is 29.5. The summed E-state index contributed by atoms with van der Waals surface area (Å²) in [5, 5.41) is 13.1. The van der Waals surface area contributed by atoms with Crippen molar-refractivity contribution in [1.82, 2.24) is 15.1 Å². The van der Waals surface area contributed by atoms with Crippen molar-refractivity contribution in [3.05, 3.63) is 53.1 Å². The summed E-state index contributed by atoms with van der Waals surface area (Å²) in [7, 11) is -2.28. The molecule has 0 saturated carbocycles. The average Bonchev–Trinajstić information content (AvgIpc) is 2.85. The molecule has 0 radical (unpaired) electrons. The lowest BCUT2D eigenvalue weighted by atomic mass is 9.99. The van der Waals surface area contributed by atoms with E-state index >= 15 is 0 Å². The fraction of sp³-hybridized carbons (Fsp3) is 0.462. The normalized spacial score (nSPS) is 18.6. The molecule has 0 unspecified atom stereocenters. The standard InChI is InChI=1S/C26H35ClN4O6S/c1-16(2)28-26(34)30(5)14-24-17(3)13-31(18(4)15-32)25(33)22-12-20(8-11-23(22)37-24)29-38(35,36)21-9-6-19(27)7-10-21/h6-12,16-18,24,29,32H,13-15H2,1-5H3,(H,28,34)/t17-,18+,24-/m0/s1. The van der Waals surface area contributed by atoms with Crippen molar-refractivity contribution in [2.75, 3.05) is 31.5 Å². The zero-order valence-electron chi connectivity index (χ0n) is 22.1. The molecule has 3 rings (SSSR count). The van der Waals surface area contributed by atoms with Crippen LogP contribution in [0.25, 0.3) is 0 Å². The second-order valence-electron chi connectivity index (χ2n) is 9.88. The second kappa shape index (κ2) is 12.2. The van der Waals surface area contributed by atoms with Gasteiger partial charge in [-0.1, -0.05) is 18.5 Å². The van der Waals surface area contributed by atoms with E-state index in [9.17, 15) is 23.1 Å². The zero-order chi connectivity index (χ0) is 28.2. The minimum atomic E-state index is -3.95. The number of carbonyl (C=O) groups excluding carboxylic acids is 2. The third kappa shape index (κ3) is 7.09.